The first kappa shape index (κ1) is 26.5. The van der Waals surface area contributed by atoms with Crippen molar-refractivity contribution in [3.05, 3.63) is 46.6 Å². The average Bonchev–Trinajstić information content (AvgIpc) is 3.14. The highest BCUT2D eigenvalue weighted by Gasteiger charge is 2.27. The number of fused-ring (bicyclic) bond motifs is 1. The van der Waals surface area contributed by atoms with Gasteiger partial charge in [0.05, 0.1) is 12.1 Å². The van der Waals surface area contributed by atoms with Gasteiger partial charge in [-0.15, -0.1) is 0 Å². The lowest BCUT2D eigenvalue weighted by Crippen LogP contribution is -2.29. The Bertz CT molecular complexity index is 1040. The molecule has 0 radical (unpaired) electrons. The summed E-state index contributed by atoms with van der Waals surface area (Å²) in [6, 6.07) is 5.48. The van der Waals surface area contributed by atoms with Gasteiger partial charge in [-0.1, -0.05) is 11.2 Å². The summed E-state index contributed by atoms with van der Waals surface area (Å²) in [5.41, 5.74) is 3.29. The molecule has 0 spiro atoms. The van der Waals surface area contributed by atoms with Crippen LogP contribution in [0, 0.1) is 18.8 Å². The van der Waals surface area contributed by atoms with Crippen LogP contribution in [-0.2, 0) is 30.5 Å². The Morgan fingerprint density at radius 2 is 1.94 bits per heavy atom. The van der Waals surface area contributed by atoms with Crippen LogP contribution in [0.5, 0.6) is 0 Å². The lowest BCUT2D eigenvalue weighted by molar-refractivity contribution is -0.134. The predicted molar refractivity (Wildman–Crippen MR) is 131 cm³/mol. The highest BCUT2D eigenvalue weighted by atomic mass is 19.4. The van der Waals surface area contributed by atoms with Gasteiger partial charge in [0.2, 0.25) is 0 Å². The number of hydrogen-bond donors (Lipinski definition) is 0. The van der Waals surface area contributed by atoms with Crippen molar-refractivity contribution in [1.29, 1.82) is 0 Å². The molecule has 2 aromatic rings. The first-order valence-corrected chi connectivity index (χ1v) is 13.0. The maximum Gasteiger partial charge on any atom is 0.389 e. The molecule has 1 aliphatic carbocycles. The number of aromatic nitrogens is 2. The van der Waals surface area contributed by atoms with Gasteiger partial charge in [-0.2, -0.15) is 13.2 Å². The lowest BCUT2D eigenvalue weighted by atomic mass is 9.81. The fraction of sp³-hybridized carbons (Fsp3) is 0.630. The minimum atomic E-state index is -4.15. The van der Waals surface area contributed by atoms with E-state index in [2.05, 4.69) is 20.0 Å². The third-order valence-electron chi connectivity index (χ3n) is 7.34. The molecule has 0 aromatic carbocycles. The molecule has 0 saturated heterocycles. The van der Waals surface area contributed by atoms with E-state index in [0.29, 0.717) is 29.0 Å². The van der Waals surface area contributed by atoms with E-state index in [4.69, 9.17) is 4.52 Å². The standard InChI is InChI=1S/C27H35F3N4O2/c1-19-16-24(33-36-19)17-26(35)31-18-21-4-2-20(3-5-21)9-13-34-14-10-22-6-7-23(8-12-27(28,29)30)32-25(22)11-15-34/h6-7,16,18,20-21H,2-5,8-15,17H2,1H3/b31-18+. The summed E-state index contributed by atoms with van der Waals surface area (Å²) in [7, 11) is 0. The molecule has 3 heterocycles. The number of amides is 1. The fourth-order valence-electron chi connectivity index (χ4n) is 5.19. The molecule has 1 saturated carbocycles. The molecule has 2 aromatic heterocycles. The van der Waals surface area contributed by atoms with Gasteiger partial charge in [-0.25, -0.2) is 4.99 Å². The summed E-state index contributed by atoms with van der Waals surface area (Å²) in [5.74, 6) is 1.54. The Balaban J connectivity index is 1.16. The Labute approximate surface area is 210 Å². The summed E-state index contributed by atoms with van der Waals surface area (Å²) in [4.78, 5) is 23.2. The molecule has 196 valence electrons. The van der Waals surface area contributed by atoms with E-state index in [9.17, 15) is 18.0 Å². The number of hydrogen-bond acceptors (Lipinski definition) is 5. The summed E-state index contributed by atoms with van der Waals surface area (Å²) >= 11 is 0. The minimum absolute atomic E-state index is 0.0523. The molecule has 0 unspecified atom stereocenters. The topological polar surface area (TPSA) is 71.6 Å². The van der Waals surface area contributed by atoms with Gasteiger partial charge in [0.1, 0.15) is 5.76 Å². The van der Waals surface area contributed by atoms with Gasteiger partial charge in [0.15, 0.2) is 0 Å². The van der Waals surface area contributed by atoms with Crippen molar-refractivity contribution in [2.24, 2.45) is 16.8 Å². The molecular weight excluding hydrogens is 469 g/mol. The monoisotopic (exact) mass is 504 g/mol. The van der Waals surface area contributed by atoms with Crippen LogP contribution in [0.25, 0.3) is 0 Å². The van der Waals surface area contributed by atoms with Gasteiger partial charge in [0.25, 0.3) is 5.91 Å². The maximum absolute atomic E-state index is 12.5. The van der Waals surface area contributed by atoms with Crippen molar-refractivity contribution in [3.63, 3.8) is 0 Å². The van der Waals surface area contributed by atoms with Crippen LogP contribution in [0.1, 0.15) is 66.9 Å². The van der Waals surface area contributed by atoms with Crippen molar-refractivity contribution in [2.75, 3.05) is 19.6 Å². The fourth-order valence-corrected chi connectivity index (χ4v) is 5.19. The summed E-state index contributed by atoms with van der Waals surface area (Å²) in [6.45, 7) is 4.70. The number of aryl methyl sites for hydroxylation is 2. The number of alkyl halides is 3. The second kappa shape index (κ2) is 12.1. The van der Waals surface area contributed by atoms with Crippen LogP contribution in [0.3, 0.4) is 0 Å². The van der Waals surface area contributed by atoms with Crippen molar-refractivity contribution in [2.45, 2.75) is 77.3 Å². The van der Waals surface area contributed by atoms with Crippen LogP contribution >= 0.6 is 0 Å². The van der Waals surface area contributed by atoms with E-state index in [1.54, 1.807) is 19.1 Å². The molecule has 0 bridgehead atoms. The summed E-state index contributed by atoms with van der Waals surface area (Å²) in [6.07, 6.45) is 4.22. The maximum atomic E-state index is 12.5. The number of nitrogens with zero attached hydrogens (tertiary/aromatic N) is 4. The minimum Gasteiger partial charge on any atom is -0.361 e. The number of pyridine rings is 1. The third-order valence-corrected chi connectivity index (χ3v) is 7.34. The lowest BCUT2D eigenvalue weighted by Gasteiger charge is -2.28. The largest absolute Gasteiger partial charge is 0.389 e. The van der Waals surface area contributed by atoms with Crippen molar-refractivity contribution in [3.8, 4) is 0 Å². The van der Waals surface area contributed by atoms with E-state index in [1.807, 2.05) is 12.3 Å². The third kappa shape index (κ3) is 8.25. The smallest absolute Gasteiger partial charge is 0.361 e. The Morgan fingerprint density at radius 1 is 1.17 bits per heavy atom. The zero-order chi connectivity index (χ0) is 25.5. The molecule has 4 rings (SSSR count). The van der Waals surface area contributed by atoms with Gasteiger partial charge in [0, 0.05) is 49.6 Å². The Morgan fingerprint density at radius 3 is 2.67 bits per heavy atom. The molecule has 9 heteroatoms. The molecule has 0 atom stereocenters. The van der Waals surface area contributed by atoms with Crippen LogP contribution in [0.15, 0.2) is 27.7 Å². The molecular formula is C27H35F3N4O2. The van der Waals surface area contributed by atoms with Crippen LogP contribution in [0.4, 0.5) is 13.2 Å². The van der Waals surface area contributed by atoms with E-state index in [1.165, 1.54) is 5.56 Å². The molecule has 36 heavy (non-hydrogen) atoms. The first-order chi connectivity index (χ1) is 17.2. The molecule has 1 fully saturated rings. The Hall–Kier alpha value is -2.55. The summed E-state index contributed by atoms with van der Waals surface area (Å²) < 4.78 is 42.6. The predicted octanol–water partition coefficient (Wildman–Crippen LogP) is 5.31. The van der Waals surface area contributed by atoms with Gasteiger partial charge >= 0.3 is 6.18 Å². The van der Waals surface area contributed by atoms with Crippen molar-refractivity contribution < 1.29 is 22.5 Å². The average molecular weight is 505 g/mol. The van der Waals surface area contributed by atoms with Crippen LogP contribution in [0.2, 0.25) is 0 Å². The normalized spacial score (nSPS) is 21.4. The van der Waals surface area contributed by atoms with Crippen molar-refractivity contribution >= 4 is 12.1 Å². The number of carbonyl (C=O) groups is 1. The molecule has 0 N–H and O–H groups in total. The molecule has 1 aliphatic heterocycles. The quantitative estimate of drug-likeness (QED) is 0.456. The zero-order valence-corrected chi connectivity index (χ0v) is 20.9. The zero-order valence-electron chi connectivity index (χ0n) is 20.9. The van der Waals surface area contributed by atoms with Crippen molar-refractivity contribution in [1.82, 2.24) is 15.0 Å². The van der Waals surface area contributed by atoms with Crippen LogP contribution in [-0.4, -0.2) is 53.0 Å². The highest BCUT2D eigenvalue weighted by molar-refractivity contribution is 5.86. The van der Waals surface area contributed by atoms with E-state index < -0.39 is 12.6 Å². The van der Waals surface area contributed by atoms with Crippen LogP contribution < -0.4 is 0 Å². The Kier molecular flexibility index (Phi) is 8.93. The second-order valence-electron chi connectivity index (χ2n) is 10.2. The number of rotatable bonds is 8. The van der Waals surface area contributed by atoms with E-state index >= 15 is 0 Å². The van der Waals surface area contributed by atoms with E-state index in [-0.39, 0.29) is 18.7 Å². The van der Waals surface area contributed by atoms with Gasteiger partial charge in [-0.3, -0.25) is 9.78 Å². The SMILES string of the molecule is Cc1cc(CC(=O)/N=C/C2CCC(CCN3CCc4ccc(CCC(F)(F)F)nc4CC3)CC2)no1. The van der Waals surface area contributed by atoms with Gasteiger partial charge < -0.3 is 9.42 Å². The second-order valence-corrected chi connectivity index (χ2v) is 10.2. The number of aliphatic imine (C=N–C) groups is 1. The highest BCUT2D eigenvalue weighted by Crippen LogP contribution is 2.30. The number of halogens is 3. The first-order valence-electron chi connectivity index (χ1n) is 13.0. The number of carbonyl (C=O) groups excluding carboxylic acids is 1. The van der Waals surface area contributed by atoms with E-state index in [0.717, 1.165) is 70.3 Å². The molecule has 6 nitrogen and oxygen atoms in total. The summed E-state index contributed by atoms with van der Waals surface area (Å²) in [5, 5.41) is 3.84. The molecule has 2 aliphatic rings. The van der Waals surface area contributed by atoms with Gasteiger partial charge in [-0.05, 0) is 81.9 Å². The molecule has 1 amide bonds.